The second-order valence-electron chi connectivity index (χ2n) is 4.85. The Bertz CT molecular complexity index is 560. The average molecular weight is 243 g/mol. The van der Waals surface area contributed by atoms with Crippen LogP contribution in [0.15, 0.2) is 18.7 Å². The summed E-state index contributed by atoms with van der Waals surface area (Å²) in [5.41, 5.74) is 3.71. The zero-order chi connectivity index (χ0) is 12.5. The fraction of sp³-hybridized carbons (Fsp3) is 0.462. The van der Waals surface area contributed by atoms with E-state index in [0.29, 0.717) is 0 Å². The highest BCUT2D eigenvalue weighted by atomic mass is 15.2. The monoisotopic (exact) mass is 243 g/mol. The van der Waals surface area contributed by atoms with Crippen molar-refractivity contribution in [1.29, 1.82) is 0 Å². The summed E-state index contributed by atoms with van der Waals surface area (Å²) < 4.78 is 2.07. The van der Waals surface area contributed by atoms with Crippen molar-refractivity contribution < 1.29 is 0 Å². The first-order chi connectivity index (χ1) is 8.72. The summed E-state index contributed by atoms with van der Waals surface area (Å²) >= 11 is 0. The van der Waals surface area contributed by atoms with Gasteiger partial charge in [-0.05, 0) is 6.92 Å². The molecule has 2 aromatic rings. The van der Waals surface area contributed by atoms with Crippen LogP contribution in [0.1, 0.15) is 22.8 Å². The zero-order valence-corrected chi connectivity index (χ0v) is 10.8. The van der Waals surface area contributed by atoms with Gasteiger partial charge in [-0.15, -0.1) is 0 Å². The molecule has 0 saturated carbocycles. The highest BCUT2D eigenvalue weighted by Gasteiger charge is 2.18. The molecule has 0 spiro atoms. The van der Waals surface area contributed by atoms with Gasteiger partial charge in [-0.25, -0.2) is 15.0 Å². The van der Waals surface area contributed by atoms with E-state index in [1.54, 1.807) is 0 Å². The fourth-order valence-corrected chi connectivity index (χ4v) is 2.38. The topological polar surface area (TPSA) is 46.8 Å². The molecule has 0 atom stereocenters. The molecule has 0 aliphatic carbocycles. The number of rotatable bonds is 2. The first-order valence-corrected chi connectivity index (χ1v) is 6.21. The molecule has 3 heterocycles. The SMILES string of the molecule is Cc1ncc2c(n1)CCN(Cc1cncn1C)C2. The molecule has 0 fully saturated rings. The van der Waals surface area contributed by atoms with E-state index in [4.69, 9.17) is 0 Å². The van der Waals surface area contributed by atoms with Crippen molar-refractivity contribution >= 4 is 0 Å². The average Bonchev–Trinajstić information content (AvgIpc) is 2.75. The molecule has 0 aromatic carbocycles. The van der Waals surface area contributed by atoms with E-state index in [1.165, 1.54) is 17.0 Å². The summed E-state index contributed by atoms with van der Waals surface area (Å²) in [7, 11) is 2.03. The molecule has 18 heavy (non-hydrogen) atoms. The van der Waals surface area contributed by atoms with Crippen molar-refractivity contribution in [3.8, 4) is 0 Å². The predicted molar refractivity (Wildman–Crippen MR) is 67.8 cm³/mol. The molecule has 1 aliphatic heterocycles. The first kappa shape index (κ1) is 11.3. The molecule has 5 nitrogen and oxygen atoms in total. The molecule has 3 rings (SSSR count). The molecule has 1 aliphatic rings. The van der Waals surface area contributed by atoms with Crippen LogP contribution in [-0.2, 0) is 26.6 Å². The Balaban J connectivity index is 1.75. The van der Waals surface area contributed by atoms with Crippen LogP contribution in [-0.4, -0.2) is 31.0 Å². The van der Waals surface area contributed by atoms with Gasteiger partial charge in [0.25, 0.3) is 0 Å². The third-order valence-corrected chi connectivity index (χ3v) is 3.44. The minimum atomic E-state index is 0.869. The summed E-state index contributed by atoms with van der Waals surface area (Å²) in [6.07, 6.45) is 6.75. The van der Waals surface area contributed by atoms with Gasteiger partial charge in [0, 0.05) is 56.8 Å². The van der Waals surface area contributed by atoms with E-state index in [-0.39, 0.29) is 0 Å². The second-order valence-corrected chi connectivity index (χ2v) is 4.85. The van der Waals surface area contributed by atoms with Crippen LogP contribution in [0, 0.1) is 6.92 Å². The minimum Gasteiger partial charge on any atom is -0.337 e. The highest BCUT2D eigenvalue weighted by Crippen LogP contribution is 2.18. The maximum absolute atomic E-state index is 4.51. The van der Waals surface area contributed by atoms with Crippen molar-refractivity contribution in [1.82, 2.24) is 24.4 Å². The normalized spacial score (nSPS) is 15.7. The van der Waals surface area contributed by atoms with Crippen molar-refractivity contribution in [2.24, 2.45) is 7.05 Å². The standard InChI is InChI=1S/C13H17N5/c1-10-15-5-11-7-18(4-3-13(11)16-10)8-12-6-14-9-17(12)2/h5-6,9H,3-4,7-8H2,1-2H3. The Labute approximate surface area is 107 Å². The molecule has 0 amide bonds. The van der Waals surface area contributed by atoms with Gasteiger partial charge in [-0.2, -0.15) is 0 Å². The molecule has 0 saturated heterocycles. The van der Waals surface area contributed by atoms with Gasteiger partial charge in [-0.1, -0.05) is 0 Å². The third kappa shape index (κ3) is 2.13. The Hall–Kier alpha value is -1.75. The lowest BCUT2D eigenvalue weighted by Gasteiger charge is -2.27. The highest BCUT2D eigenvalue weighted by molar-refractivity contribution is 5.20. The molecule has 2 aromatic heterocycles. The Morgan fingerprint density at radius 2 is 2.22 bits per heavy atom. The number of fused-ring (bicyclic) bond motifs is 1. The lowest BCUT2D eigenvalue weighted by atomic mass is 10.1. The van der Waals surface area contributed by atoms with Gasteiger partial charge in [0.15, 0.2) is 0 Å². The van der Waals surface area contributed by atoms with Crippen LogP contribution in [0.25, 0.3) is 0 Å². The van der Waals surface area contributed by atoms with E-state index < -0.39 is 0 Å². The summed E-state index contributed by atoms with van der Waals surface area (Å²) in [5.74, 6) is 0.869. The Kier molecular flexibility index (Phi) is 2.83. The molecular formula is C13H17N5. The first-order valence-electron chi connectivity index (χ1n) is 6.21. The van der Waals surface area contributed by atoms with E-state index in [0.717, 1.165) is 31.9 Å². The van der Waals surface area contributed by atoms with Gasteiger partial charge < -0.3 is 4.57 Å². The number of aromatic nitrogens is 4. The lowest BCUT2D eigenvalue weighted by Crippen LogP contribution is -2.31. The van der Waals surface area contributed by atoms with Gasteiger partial charge in [0.2, 0.25) is 0 Å². The van der Waals surface area contributed by atoms with Crippen molar-refractivity contribution in [2.75, 3.05) is 6.54 Å². The van der Waals surface area contributed by atoms with Crippen LogP contribution in [0.3, 0.4) is 0 Å². The Morgan fingerprint density at radius 1 is 1.33 bits per heavy atom. The van der Waals surface area contributed by atoms with Gasteiger partial charge in [-0.3, -0.25) is 4.90 Å². The quantitative estimate of drug-likeness (QED) is 0.792. The van der Waals surface area contributed by atoms with E-state index in [2.05, 4.69) is 24.4 Å². The molecule has 0 unspecified atom stereocenters. The van der Waals surface area contributed by atoms with Crippen molar-refractivity contribution in [3.63, 3.8) is 0 Å². The maximum Gasteiger partial charge on any atom is 0.125 e. The minimum absolute atomic E-state index is 0.869. The summed E-state index contributed by atoms with van der Waals surface area (Å²) in [4.78, 5) is 15.4. The smallest absolute Gasteiger partial charge is 0.125 e. The van der Waals surface area contributed by atoms with Crippen LogP contribution < -0.4 is 0 Å². The van der Waals surface area contributed by atoms with Crippen LogP contribution in [0.5, 0.6) is 0 Å². The van der Waals surface area contributed by atoms with Gasteiger partial charge in [0.05, 0.1) is 12.0 Å². The second kappa shape index (κ2) is 4.49. The number of aryl methyl sites for hydroxylation is 2. The molecule has 94 valence electrons. The van der Waals surface area contributed by atoms with Gasteiger partial charge in [0.1, 0.15) is 5.82 Å². The largest absolute Gasteiger partial charge is 0.337 e. The summed E-state index contributed by atoms with van der Waals surface area (Å²) in [6, 6.07) is 0. The van der Waals surface area contributed by atoms with E-state index in [9.17, 15) is 0 Å². The van der Waals surface area contributed by atoms with Crippen LogP contribution in [0.4, 0.5) is 0 Å². The van der Waals surface area contributed by atoms with Gasteiger partial charge >= 0.3 is 0 Å². The fourth-order valence-electron chi connectivity index (χ4n) is 2.38. The third-order valence-electron chi connectivity index (χ3n) is 3.44. The predicted octanol–water partition coefficient (Wildman–Crippen LogP) is 1.08. The van der Waals surface area contributed by atoms with E-state index >= 15 is 0 Å². The number of hydrogen-bond donors (Lipinski definition) is 0. The zero-order valence-electron chi connectivity index (χ0n) is 10.8. The summed E-state index contributed by atoms with van der Waals surface area (Å²) in [6.45, 7) is 4.86. The van der Waals surface area contributed by atoms with Crippen molar-refractivity contribution in [2.45, 2.75) is 26.4 Å². The summed E-state index contributed by atoms with van der Waals surface area (Å²) in [5, 5.41) is 0. The van der Waals surface area contributed by atoms with Crippen molar-refractivity contribution in [3.05, 3.63) is 41.5 Å². The Morgan fingerprint density at radius 3 is 3.00 bits per heavy atom. The van der Waals surface area contributed by atoms with E-state index in [1.807, 2.05) is 32.7 Å². The number of nitrogens with zero attached hydrogens (tertiary/aromatic N) is 5. The molecule has 5 heteroatoms. The molecule has 0 bridgehead atoms. The maximum atomic E-state index is 4.51. The molecule has 0 radical (unpaired) electrons. The molecule has 0 N–H and O–H groups in total. The molecular weight excluding hydrogens is 226 g/mol. The number of imidazole rings is 1. The van der Waals surface area contributed by atoms with Crippen LogP contribution in [0.2, 0.25) is 0 Å². The van der Waals surface area contributed by atoms with Crippen LogP contribution >= 0.6 is 0 Å². The number of hydrogen-bond acceptors (Lipinski definition) is 4. The lowest BCUT2D eigenvalue weighted by molar-refractivity contribution is 0.237.